The van der Waals surface area contributed by atoms with E-state index in [2.05, 4.69) is 24.3 Å². The highest BCUT2D eigenvalue weighted by molar-refractivity contribution is 5.83. The first-order chi connectivity index (χ1) is 6.21. The number of hydrogen-bond donors (Lipinski definition) is 1. The molecule has 1 aliphatic rings. The molecule has 0 unspecified atom stereocenters. The second-order valence-corrected chi connectivity index (χ2v) is 3.54. The van der Waals surface area contributed by atoms with Crippen LogP contribution in [0.3, 0.4) is 0 Å². The smallest absolute Gasteiger partial charge is 0.161 e. The first kappa shape index (κ1) is 8.26. The van der Waals surface area contributed by atoms with E-state index in [0.717, 1.165) is 18.8 Å². The summed E-state index contributed by atoms with van der Waals surface area (Å²) in [6.07, 6.45) is 0.894. The fourth-order valence-corrected chi connectivity index (χ4v) is 1.65. The van der Waals surface area contributed by atoms with E-state index in [1.165, 1.54) is 5.69 Å². The highest BCUT2D eigenvalue weighted by Gasteiger charge is 2.30. The van der Waals surface area contributed by atoms with Crippen LogP contribution < -0.4 is 10.3 Å². The fraction of sp³-hybridized carbons (Fsp3) is 0.300. The van der Waals surface area contributed by atoms with Crippen LogP contribution in [0.25, 0.3) is 0 Å². The van der Waals surface area contributed by atoms with E-state index in [1.807, 2.05) is 18.2 Å². The van der Waals surface area contributed by atoms with E-state index in [9.17, 15) is 0 Å². The van der Waals surface area contributed by atoms with Crippen molar-refractivity contribution in [2.24, 2.45) is 10.8 Å². The van der Waals surface area contributed by atoms with Gasteiger partial charge in [-0.25, -0.2) is 0 Å². The quantitative estimate of drug-likeness (QED) is 0.643. The topological polar surface area (TPSA) is 38.4 Å². The van der Waals surface area contributed by atoms with Crippen molar-refractivity contribution in [3.05, 3.63) is 30.3 Å². The SMILES string of the molecule is C[N@+]1(c2ccccc2)CCC(N)=N1. The monoisotopic (exact) mass is 176 g/mol. The van der Waals surface area contributed by atoms with Crippen molar-refractivity contribution < 1.29 is 0 Å². The maximum absolute atomic E-state index is 5.68. The molecular weight excluding hydrogens is 162 g/mol. The molecule has 3 heteroatoms. The molecule has 1 atom stereocenters. The van der Waals surface area contributed by atoms with E-state index in [1.54, 1.807) is 0 Å². The summed E-state index contributed by atoms with van der Waals surface area (Å²) in [5.41, 5.74) is 6.88. The zero-order valence-corrected chi connectivity index (χ0v) is 7.77. The first-order valence-corrected chi connectivity index (χ1v) is 4.46. The van der Waals surface area contributed by atoms with Gasteiger partial charge in [0, 0.05) is 12.1 Å². The fourth-order valence-electron chi connectivity index (χ4n) is 1.65. The zero-order chi connectivity index (χ0) is 9.31. The lowest BCUT2D eigenvalue weighted by atomic mass is 10.3. The first-order valence-electron chi connectivity index (χ1n) is 4.46. The van der Waals surface area contributed by atoms with Crippen LogP contribution in [0.15, 0.2) is 35.4 Å². The Morgan fingerprint density at radius 2 is 2.00 bits per heavy atom. The van der Waals surface area contributed by atoms with Gasteiger partial charge < -0.3 is 5.73 Å². The molecule has 0 fully saturated rings. The van der Waals surface area contributed by atoms with Crippen molar-refractivity contribution in [3.63, 3.8) is 0 Å². The van der Waals surface area contributed by atoms with Crippen LogP contribution in [0.5, 0.6) is 0 Å². The van der Waals surface area contributed by atoms with E-state index >= 15 is 0 Å². The molecule has 0 aromatic heterocycles. The standard InChI is InChI=1S/C10H14N3/c1-13(8-7-10(11)12-13)9-5-3-2-4-6-9/h2-6H,7-8H2,1H3,(H2,11,12)/q+1/t13-/m1/s1. The molecule has 0 saturated heterocycles. The molecule has 0 amide bonds. The van der Waals surface area contributed by atoms with Crippen LogP contribution in [0.1, 0.15) is 6.42 Å². The van der Waals surface area contributed by atoms with E-state index in [4.69, 9.17) is 5.73 Å². The Morgan fingerprint density at radius 1 is 1.31 bits per heavy atom. The molecule has 0 saturated carbocycles. The minimum Gasteiger partial charge on any atom is -0.383 e. The van der Waals surface area contributed by atoms with Crippen molar-refractivity contribution in [1.82, 2.24) is 4.59 Å². The van der Waals surface area contributed by atoms with Gasteiger partial charge in [-0.05, 0) is 0 Å². The summed E-state index contributed by atoms with van der Waals surface area (Å²) in [5, 5.41) is 4.42. The molecule has 0 aliphatic carbocycles. The van der Waals surface area contributed by atoms with E-state index in [0.29, 0.717) is 4.59 Å². The molecule has 0 spiro atoms. The summed E-state index contributed by atoms with van der Waals surface area (Å²) in [7, 11) is 2.08. The maximum atomic E-state index is 5.68. The Hall–Kier alpha value is -1.35. The number of hydrogen-bond acceptors (Lipinski definition) is 2. The third kappa shape index (κ3) is 1.42. The molecule has 0 radical (unpaired) electrons. The predicted octanol–water partition coefficient (Wildman–Crippen LogP) is 1.30. The molecule has 13 heavy (non-hydrogen) atoms. The van der Waals surface area contributed by atoms with E-state index < -0.39 is 0 Å². The average Bonchev–Trinajstić information content (AvgIpc) is 2.49. The van der Waals surface area contributed by atoms with Gasteiger partial charge >= 0.3 is 0 Å². The van der Waals surface area contributed by atoms with Gasteiger partial charge in [0.2, 0.25) is 0 Å². The van der Waals surface area contributed by atoms with Gasteiger partial charge in [0.05, 0.1) is 13.5 Å². The van der Waals surface area contributed by atoms with Gasteiger partial charge in [0.15, 0.2) is 11.5 Å². The summed E-state index contributed by atoms with van der Waals surface area (Å²) >= 11 is 0. The Bertz CT molecular complexity index is 331. The van der Waals surface area contributed by atoms with E-state index in [-0.39, 0.29) is 0 Å². The lowest BCUT2D eigenvalue weighted by Gasteiger charge is -2.21. The average molecular weight is 176 g/mol. The number of benzene rings is 1. The second-order valence-electron chi connectivity index (χ2n) is 3.54. The number of quaternary nitrogens is 1. The largest absolute Gasteiger partial charge is 0.383 e. The highest BCUT2D eigenvalue weighted by atomic mass is 15.6. The predicted molar refractivity (Wildman–Crippen MR) is 55.3 cm³/mol. The van der Waals surface area contributed by atoms with Crippen molar-refractivity contribution in [1.29, 1.82) is 0 Å². The van der Waals surface area contributed by atoms with Crippen LogP contribution >= 0.6 is 0 Å². The number of amidine groups is 1. The lowest BCUT2D eigenvalue weighted by molar-refractivity contribution is 0.383. The van der Waals surface area contributed by atoms with Crippen LogP contribution in [0.4, 0.5) is 5.69 Å². The Labute approximate surface area is 78.1 Å². The lowest BCUT2D eigenvalue weighted by Crippen LogP contribution is -2.36. The number of nitrogens with zero attached hydrogens (tertiary/aromatic N) is 2. The minimum absolute atomic E-state index is 0.590. The molecule has 1 aromatic carbocycles. The summed E-state index contributed by atoms with van der Waals surface area (Å²) in [6, 6.07) is 10.2. The van der Waals surface area contributed by atoms with Gasteiger partial charge in [-0.3, -0.25) is 0 Å². The van der Waals surface area contributed by atoms with Crippen molar-refractivity contribution in [2.75, 3.05) is 13.6 Å². The molecule has 2 rings (SSSR count). The Morgan fingerprint density at radius 3 is 2.54 bits per heavy atom. The molecule has 3 nitrogen and oxygen atoms in total. The third-order valence-corrected chi connectivity index (χ3v) is 2.46. The number of rotatable bonds is 1. The molecule has 1 aliphatic heterocycles. The van der Waals surface area contributed by atoms with Crippen molar-refractivity contribution in [2.45, 2.75) is 6.42 Å². The van der Waals surface area contributed by atoms with Crippen LogP contribution in [0.2, 0.25) is 0 Å². The number of para-hydroxylation sites is 1. The molecular formula is C10H14N3+. The molecule has 2 N–H and O–H groups in total. The Kier molecular flexibility index (Phi) is 1.81. The molecule has 1 aromatic rings. The summed E-state index contributed by atoms with van der Waals surface area (Å²) in [5.74, 6) is 0.756. The molecule has 0 bridgehead atoms. The van der Waals surface area contributed by atoms with Gasteiger partial charge in [-0.15, -0.1) is 0 Å². The van der Waals surface area contributed by atoms with Crippen molar-refractivity contribution in [3.8, 4) is 0 Å². The minimum atomic E-state index is 0.590. The molecule has 1 heterocycles. The zero-order valence-electron chi connectivity index (χ0n) is 7.77. The van der Waals surface area contributed by atoms with Crippen molar-refractivity contribution >= 4 is 11.5 Å². The highest BCUT2D eigenvalue weighted by Crippen LogP contribution is 2.24. The second kappa shape index (κ2) is 2.85. The van der Waals surface area contributed by atoms with Crippen LogP contribution in [0, 0.1) is 0 Å². The molecule has 68 valence electrons. The van der Waals surface area contributed by atoms with Crippen LogP contribution in [-0.4, -0.2) is 19.4 Å². The third-order valence-electron chi connectivity index (χ3n) is 2.46. The van der Waals surface area contributed by atoms with Gasteiger partial charge in [0.25, 0.3) is 0 Å². The summed E-state index contributed by atoms with van der Waals surface area (Å²) in [4.78, 5) is 0. The Balaban J connectivity index is 2.37. The van der Waals surface area contributed by atoms with Gasteiger partial charge in [0.1, 0.15) is 6.54 Å². The summed E-state index contributed by atoms with van der Waals surface area (Å²) in [6.45, 7) is 0.968. The number of nitrogens with two attached hydrogens (primary N) is 1. The summed E-state index contributed by atoms with van der Waals surface area (Å²) < 4.78 is 0.590. The normalized spacial score (nSPS) is 27.3. The van der Waals surface area contributed by atoms with Gasteiger partial charge in [-0.1, -0.05) is 23.3 Å². The van der Waals surface area contributed by atoms with Gasteiger partial charge in [-0.2, -0.15) is 4.59 Å². The van der Waals surface area contributed by atoms with Crippen LogP contribution in [-0.2, 0) is 0 Å². The maximum Gasteiger partial charge on any atom is 0.161 e.